The Kier molecular flexibility index (Phi) is 5.35. The Balaban J connectivity index is 2.76. The van der Waals surface area contributed by atoms with E-state index < -0.39 is 0 Å². The topological polar surface area (TPSA) is 29.5 Å². The molecule has 1 aromatic rings. The second-order valence-corrected chi connectivity index (χ2v) is 4.66. The van der Waals surface area contributed by atoms with E-state index in [2.05, 4.69) is 0 Å². The number of hydrogen-bond donors (Lipinski definition) is 0. The summed E-state index contributed by atoms with van der Waals surface area (Å²) >= 11 is 0. The molecule has 1 aromatic carbocycles. The third kappa shape index (κ3) is 3.84. The van der Waals surface area contributed by atoms with Gasteiger partial charge in [-0.25, -0.2) is 0 Å². The molecule has 0 spiro atoms. The maximum absolute atomic E-state index is 11.9. The Hall–Kier alpha value is -1.35. The van der Waals surface area contributed by atoms with E-state index in [1.165, 1.54) is 5.56 Å². The monoisotopic (exact) mass is 249 g/mol. The first-order valence-corrected chi connectivity index (χ1v) is 6.48. The summed E-state index contributed by atoms with van der Waals surface area (Å²) in [6.45, 7) is 12.1. The van der Waals surface area contributed by atoms with Gasteiger partial charge in [0, 0.05) is 0 Å². The molecule has 0 aromatic heterocycles. The van der Waals surface area contributed by atoms with Crippen molar-refractivity contribution in [3.8, 4) is 5.75 Å². The van der Waals surface area contributed by atoms with Crippen LogP contribution in [0.2, 0.25) is 0 Å². The van der Waals surface area contributed by atoms with Gasteiger partial charge in [-0.2, -0.15) is 0 Å². The molecule has 1 rings (SSSR count). The number of esters is 1. The molecule has 0 N–H and O–H groups in total. The number of aryl methyl sites for hydroxylation is 3. The van der Waals surface area contributed by atoms with E-state index in [0.717, 1.165) is 24.2 Å². The maximum Gasteiger partial charge on any atom is 0.325 e. The number of carbonyl (C=O) groups excluding carboxylic acids is 1. The van der Waals surface area contributed by atoms with Crippen LogP contribution in [0.5, 0.6) is 5.75 Å². The number of benzene rings is 1. The first-order chi connectivity index (χ1) is 8.47. The van der Waals surface area contributed by atoms with Gasteiger partial charge in [-0.1, -0.05) is 31.5 Å². The summed E-state index contributed by atoms with van der Waals surface area (Å²) in [6.07, 6.45) is 0. The first-order valence-electron chi connectivity index (χ1n) is 6.48. The first kappa shape index (κ1) is 14.7. The van der Waals surface area contributed by atoms with Crippen LogP contribution in [0.4, 0.5) is 0 Å². The summed E-state index contributed by atoms with van der Waals surface area (Å²) in [5.41, 5.74) is 3.22. The SMILES string of the molecule is CCN(CC)CC(=O)Oc1c(C)cc(C)cc1C. The molecule has 0 saturated carbocycles. The minimum Gasteiger partial charge on any atom is -0.425 e. The fraction of sp³-hybridized carbons (Fsp3) is 0.533. The highest BCUT2D eigenvalue weighted by Gasteiger charge is 2.13. The average molecular weight is 249 g/mol. The molecular weight excluding hydrogens is 226 g/mol. The summed E-state index contributed by atoms with van der Waals surface area (Å²) in [5.74, 6) is 0.520. The summed E-state index contributed by atoms with van der Waals surface area (Å²) in [5, 5.41) is 0. The highest BCUT2D eigenvalue weighted by atomic mass is 16.5. The van der Waals surface area contributed by atoms with Crippen molar-refractivity contribution in [2.24, 2.45) is 0 Å². The van der Waals surface area contributed by atoms with Crippen molar-refractivity contribution in [1.29, 1.82) is 0 Å². The van der Waals surface area contributed by atoms with Crippen LogP contribution in [0.1, 0.15) is 30.5 Å². The van der Waals surface area contributed by atoms with Crippen molar-refractivity contribution in [2.75, 3.05) is 19.6 Å². The molecule has 0 aliphatic carbocycles. The third-order valence-corrected chi connectivity index (χ3v) is 3.07. The molecule has 0 aliphatic rings. The van der Waals surface area contributed by atoms with Gasteiger partial charge in [0.15, 0.2) is 0 Å². The number of nitrogens with zero attached hydrogens (tertiary/aromatic N) is 1. The molecule has 3 nitrogen and oxygen atoms in total. The number of carbonyl (C=O) groups is 1. The zero-order valence-electron chi connectivity index (χ0n) is 12.0. The van der Waals surface area contributed by atoms with Gasteiger partial charge in [-0.05, 0) is 45.0 Å². The molecule has 0 radical (unpaired) electrons. The molecule has 0 atom stereocenters. The van der Waals surface area contributed by atoms with Crippen molar-refractivity contribution in [3.05, 3.63) is 28.8 Å². The molecular formula is C15H23NO2. The Bertz CT molecular complexity index is 399. The van der Waals surface area contributed by atoms with E-state index in [-0.39, 0.29) is 5.97 Å². The average Bonchev–Trinajstić information content (AvgIpc) is 2.30. The Labute approximate surface area is 110 Å². The van der Waals surface area contributed by atoms with Crippen LogP contribution in [-0.2, 0) is 4.79 Å². The van der Waals surface area contributed by atoms with Gasteiger partial charge in [-0.3, -0.25) is 9.69 Å². The van der Waals surface area contributed by atoms with Gasteiger partial charge in [0.05, 0.1) is 6.54 Å². The lowest BCUT2D eigenvalue weighted by Crippen LogP contribution is -2.32. The van der Waals surface area contributed by atoms with Crippen LogP contribution < -0.4 is 4.74 Å². The standard InChI is InChI=1S/C15H23NO2/c1-6-16(7-2)10-14(17)18-15-12(4)8-11(3)9-13(15)5/h8-9H,6-7,10H2,1-5H3. The van der Waals surface area contributed by atoms with Crippen molar-refractivity contribution in [3.63, 3.8) is 0 Å². The van der Waals surface area contributed by atoms with Crippen LogP contribution in [0.3, 0.4) is 0 Å². The van der Waals surface area contributed by atoms with Gasteiger partial charge in [0.25, 0.3) is 0 Å². The van der Waals surface area contributed by atoms with Crippen LogP contribution in [0.25, 0.3) is 0 Å². The zero-order valence-corrected chi connectivity index (χ0v) is 12.0. The molecule has 0 amide bonds. The lowest BCUT2D eigenvalue weighted by Gasteiger charge is -2.18. The van der Waals surface area contributed by atoms with Crippen molar-refractivity contribution in [2.45, 2.75) is 34.6 Å². The van der Waals surface area contributed by atoms with E-state index in [1.807, 2.05) is 51.7 Å². The molecule has 0 saturated heterocycles. The normalized spacial score (nSPS) is 10.8. The van der Waals surface area contributed by atoms with Gasteiger partial charge in [0.2, 0.25) is 0 Å². The summed E-state index contributed by atoms with van der Waals surface area (Å²) in [4.78, 5) is 13.9. The predicted molar refractivity (Wildman–Crippen MR) is 74.1 cm³/mol. The van der Waals surface area contributed by atoms with E-state index in [0.29, 0.717) is 12.3 Å². The lowest BCUT2D eigenvalue weighted by molar-refractivity contribution is -0.135. The molecule has 0 unspecified atom stereocenters. The molecule has 0 bridgehead atoms. The maximum atomic E-state index is 11.9. The summed E-state index contributed by atoms with van der Waals surface area (Å²) in [7, 11) is 0. The third-order valence-electron chi connectivity index (χ3n) is 3.07. The summed E-state index contributed by atoms with van der Waals surface area (Å²) < 4.78 is 5.48. The zero-order chi connectivity index (χ0) is 13.7. The van der Waals surface area contributed by atoms with E-state index in [4.69, 9.17) is 4.74 Å². The molecule has 18 heavy (non-hydrogen) atoms. The van der Waals surface area contributed by atoms with Gasteiger partial charge >= 0.3 is 5.97 Å². The van der Waals surface area contributed by atoms with Crippen LogP contribution in [0.15, 0.2) is 12.1 Å². The number of ether oxygens (including phenoxy) is 1. The quantitative estimate of drug-likeness (QED) is 0.593. The number of likely N-dealkylation sites (N-methyl/N-ethyl adjacent to an activating group) is 1. The molecule has 0 fully saturated rings. The Morgan fingerprint density at radius 2 is 1.61 bits per heavy atom. The van der Waals surface area contributed by atoms with Crippen molar-refractivity contribution in [1.82, 2.24) is 4.90 Å². The second kappa shape index (κ2) is 6.55. The summed E-state index contributed by atoms with van der Waals surface area (Å²) in [6, 6.07) is 4.07. The number of hydrogen-bond acceptors (Lipinski definition) is 3. The van der Waals surface area contributed by atoms with Gasteiger partial charge in [0.1, 0.15) is 5.75 Å². The minimum atomic E-state index is -0.186. The fourth-order valence-electron chi connectivity index (χ4n) is 2.10. The van der Waals surface area contributed by atoms with Gasteiger partial charge < -0.3 is 4.74 Å². The van der Waals surface area contributed by atoms with E-state index >= 15 is 0 Å². The number of rotatable bonds is 5. The Morgan fingerprint density at radius 1 is 1.11 bits per heavy atom. The molecule has 100 valence electrons. The predicted octanol–water partition coefficient (Wildman–Crippen LogP) is 2.86. The van der Waals surface area contributed by atoms with E-state index in [1.54, 1.807) is 0 Å². The molecule has 0 heterocycles. The largest absolute Gasteiger partial charge is 0.425 e. The van der Waals surface area contributed by atoms with Crippen molar-refractivity contribution < 1.29 is 9.53 Å². The van der Waals surface area contributed by atoms with Crippen molar-refractivity contribution >= 4 is 5.97 Å². The second-order valence-electron chi connectivity index (χ2n) is 4.66. The highest BCUT2D eigenvalue weighted by molar-refractivity contribution is 5.75. The smallest absolute Gasteiger partial charge is 0.325 e. The molecule has 3 heteroatoms. The van der Waals surface area contributed by atoms with Crippen LogP contribution in [0, 0.1) is 20.8 Å². The highest BCUT2D eigenvalue weighted by Crippen LogP contribution is 2.24. The van der Waals surface area contributed by atoms with E-state index in [9.17, 15) is 4.79 Å². The Morgan fingerprint density at radius 3 is 2.06 bits per heavy atom. The van der Waals surface area contributed by atoms with Gasteiger partial charge in [-0.15, -0.1) is 0 Å². The van der Waals surface area contributed by atoms with Crippen LogP contribution in [-0.4, -0.2) is 30.5 Å². The fourth-order valence-corrected chi connectivity index (χ4v) is 2.10. The minimum absolute atomic E-state index is 0.186. The molecule has 0 aliphatic heterocycles. The van der Waals surface area contributed by atoms with Crippen LogP contribution >= 0.6 is 0 Å². The lowest BCUT2D eigenvalue weighted by atomic mass is 10.1.